The highest BCUT2D eigenvalue weighted by Gasteiger charge is 2.20. The standard InChI is InChI=1S/C15H14N4O3/c1-7-4-10-11(5-8(7)2)19(6-12(20)21)14-13(18-10)15(22)17-9(3)16-14/h4-5H,6H2,1-3H3,(H,20,21). The number of rotatable bonds is 2. The lowest BCUT2D eigenvalue weighted by molar-refractivity contribution is -0.137. The molecule has 0 aromatic heterocycles. The van der Waals surface area contributed by atoms with E-state index in [9.17, 15) is 14.7 Å². The zero-order valence-corrected chi connectivity index (χ0v) is 12.4. The molecule has 1 aromatic carbocycles. The first kappa shape index (κ1) is 14.1. The van der Waals surface area contributed by atoms with Crippen molar-refractivity contribution in [3.63, 3.8) is 0 Å². The first-order valence-electron chi connectivity index (χ1n) is 6.75. The molecule has 0 aliphatic carbocycles. The van der Waals surface area contributed by atoms with E-state index in [1.807, 2.05) is 26.0 Å². The number of benzene rings is 1. The molecular formula is C15H14N4O3. The van der Waals surface area contributed by atoms with Crippen LogP contribution in [-0.2, 0) is 11.3 Å². The third kappa shape index (κ3) is 2.20. The van der Waals surface area contributed by atoms with E-state index >= 15 is 0 Å². The van der Waals surface area contributed by atoms with Gasteiger partial charge in [-0.3, -0.25) is 9.59 Å². The number of nitrogens with zero attached hydrogens (tertiary/aromatic N) is 4. The second kappa shape index (κ2) is 4.87. The number of hydrogen-bond acceptors (Lipinski definition) is 5. The Bertz CT molecular complexity index is 946. The maximum absolute atomic E-state index is 12.1. The maximum Gasteiger partial charge on any atom is 0.323 e. The molecule has 0 fully saturated rings. The van der Waals surface area contributed by atoms with Crippen molar-refractivity contribution in [2.24, 2.45) is 0 Å². The summed E-state index contributed by atoms with van der Waals surface area (Å²) < 4.78 is 1.50. The molecule has 3 rings (SSSR count). The molecule has 7 heteroatoms. The second-order valence-corrected chi connectivity index (χ2v) is 5.27. The molecule has 1 N–H and O–H groups in total. The molecule has 2 aliphatic rings. The predicted octanol–water partition coefficient (Wildman–Crippen LogP) is 1.30. The quantitative estimate of drug-likeness (QED) is 0.716. The van der Waals surface area contributed by atoms with Crippen molar-refractivity contribution in [3.8, 4) is 11.5 Å². The van der Waals surface area contributed by atoms with Crippen molar-refractivity contribution in [1.29, 1.82) is 0 Å². The minimum absolute atomic E-state index is 0.0857. The van der Waals surface area contributed by atoms with Crippen molar-refractivity contribution in [2.45, 2.75) is 27.3 Å². The Labute approximate surface area is 125 Å². The largest absolute Gasteiger partial charge is 0.480 e. The summed E-state index contributed by atoms with van der Waals surface area (Å²) in [6.07, 6.45) is 0. The number of carbonyl (C=O) groups is 1. The van der Waals surface area contributed by atoms with E-state index in [2.05, 4.69) is 15.0 Å². The van der Waals surface area contributed by atoms with Gasteiger partial charge in [-0.1, -0.05) is 0 Å². The summed E-state index contributed by atoms with van der Waals surface area (Å²) in [4.78, 5) is 35.6. The monoisotopic (exact) mass is 298 g/mol. The van der Waals surface area contributed by atoms with Gasteiger partial charge in [0.25, 0.3) is 0 Å². The van der Waals surface area contributed by atoms with E-state index in [1.54, 1.807) is 6.92 Å². The molecule has 0 amide bonds. The van der Waals surface area contributed by atoms with Crippen molar-refractivity contribution in [3.05, 3.63) is 39.4 Å². The molecule has 112 valence electrons. The number of aryl methyl sites for hydroxylation is 3. The van der Waals surface area contributed by atoms with Gasteiger partial charge in [0.05, 0.1) is 11.0 Å². The summed E-state index contributed by atoms with van der Waals surface area (Å²) in [7, 11) is 0. The topological polar surface area (TPSA) is 98.0 Å². The van der Waals surface area contributed by atoms with Gasteiger partial charge in [0.2, 0.25) is 0 Å². The van der Waals surface area contributed by atoms with Crippen LogP contribution in [0.3, 0.4) is 0 Å². The van der Waals surface area contributed by atoms with Gasteiger partial charge < -0.3 is 9.67 Å². The van der Waals surface area contributed by atoms with Crippen molar-refractivity contribution >= 4 is 17.0 Å². The van der Waals surface area contributed by atoms with Gasteiger partial charge in [-0.15, -0.1) is 0 Å². The third-order valence-corrected chi connectivity index (χ3v) is 3.61. The fourth-order valence-corrected chi connectivity index (χ4v) is 2.43. The third-order valence-electron chi connectivity index (χ3n) is 3.61. The van der Waals surface area contributed by atoms with Gasteiger partial charge in [-0.2, -0.15) is 4.98 Å². The molecule has 0 spiro atoms. The van der Waals surface area contributed by atoms with E-state index in [-0.39, 0.29) is 18.1 Å². The van der Waals surface area contributed by atoms with Crippen LogP contribution >= 0.6 is 0 Å². The summed E-state index contributed by atoms with van der Waals surface area (Å²) in [6, 6.07) is 3.70. The second-order valence-electron chi connectivity index (χ2n) is 5.27. The highest BCUT2D eigenvalue weighted by Crippen LogP contribution is 2.24. The Balaban J connectivity index is 2.53. The zero-order valence-electron chi connectivity index (χ0n) is 12.4. The minimum atomic E-state index is -1.01. The first-order chi connectivity index (χ1) is 10.4. The molecule has 0 atom stereocenters. The van der Waals surface area contributed by atoms with Crippen LogP contribution in [0.2, 0.25) is 0 Å². The fraction of sp³-hybridized carbons (Fsp3) is 0.267. The minimum Gasteiger partial charge on any atom is -0.480 e. The van der Waals surface area contributed by atoms with Crippen molar-refractivity contribution < 1.29 is 9.90 Å². The normalized spacial score (nSPS) is 11.2. The van der Waals surface area contributed by atoms with E-state index < -0.39 is 11.5 Å². The van der Waals surface area contributed by atoms with Crippen LogP contribution in [0, 0.1) is 20.8 Å². The summed E-state index contributed by atoms with van der Waals surface area (Å²) in [5, 5.41) is 9.19. The lowest BCUT2D eigenvalue weighted by Crippen LogP contribution is -2.23. The summed E-state index contributed by atoms with van der Waals surface area (Å²) in [6.45, 7) is 5.17. The molecule has 1 aromatic rings. The molecule has 0 bridgehead atoms. The highest BCUT2D eigenvalue weighted by atomic mass is 16.4. The van der Waals surface area contributed by atoms with Crippen LogP contribution in [0.5, 0.6) is 0 Å². The molecule has 7 nitrogen and oxygen atoms in total. The van der Waals surface area contributed by atoms with E-state index in [0.717, 1.165) is 11.1 Å². The summed E-state index contributed by atoms with van der Waals surface area (Å²) >= 11 is 0. The Morgan fingerprint density at radius 1 is 1.14 bits per heavy atom. The first-order valence-corrected chi connectivity index (χ1v) is 6.75. The van der Waals surface area contributed by atoms with Crippen LogP contribution in [0.25, 0.3) is 22.6 Å². The van der Waals surface area contributed by atoms with Crippen LogP contribution in [0.4, 0.5) is 0 Å². The van der Waals surface area contributed by atoms with Crippen LogP contribution in [-0.4, -0.2) is 30.6 Å². The van der Waals surface area contributed by atoms with Gasteiger partial charge in [-0.05, 0) is 44.0 Å². The van der Waals surface area contributed by atoms with E-state index in [4.69, 9.17) is 0 Å². The van der Waals surface area contributed by atoms with Gasteiger partial charge in [0.15, 0.2) is 11.5 Å². The van der Waals surface area contributed by atoms with Gasteiger partial charge in [0, 0.05) is 0 Å². The van der Waals surface area contributed by atoms with E-state index in [1.165, 1.54) is 4.57 Å². The smallest absolute Gasteiger partial charge is 0.323 e. The summed E-state index contributed by atoms with van der Waals surface area (Å²) in [5.41, 5.74) is 2.81. The Morgan fingerprint density at radius 3 is 2.50 bits per heavy atom. The Hall–Kier alpha value is -2.83. The Morgan fingerprint density at radius 2 is 1.82 bits per heavy atom. The molecule has 0 radical (unpaired) electrons. The molecule has 0 unspecified atom stereocenters. The predicted molar refractivity (Wildman–Crippen MR) is 80.1 cm³/mol. The molecule has 0 saturated carbocycles. The summed E-state index contributed by atoms with van der Waals surface area (Å²) in [5.74, 6) is -0.474. The number of carboxylic acids is 1. The van der Waals surface area contributed by atoms with Crippen LogP contribution in [0.1, 0.15) is 17.0 Å². The lowest BCUT2D eigenvalue weighted by Gasteiger charge is -2.16. The van der Waals surface area contributed by atoms with Crippen LogP contribution < -0.4 is 5.56 Å². The van der Waals surface area contributed by atoms with Gasteiger partial charge >= 0.3 is 11.5 Å². The molecule has 22 heavy (non-hydrogen) atoms. The Kier molecular flexibility index (Phi) is 3.13. The molecular weight excluding hydrogens is 284 g/mol. The number of carboxylic acid groups (broad SMARTS) is 1. The fourth-order valence-electron chi connectivity index (χ4n) is 2.43. The number of aliphatic carboxylic acids is 1. The van der Waals surface area contributed by atoms with Crippen LogP contribution in [0.15, 0.2) is 16.9 Å². The van der Waals surface area contributed by atoms with E-state index in [0.29, 0.717) is 16.9 Å². The zero-order chi connectivity index (χ0) is 16.0. The van der Waals surface area contributed by atoms with Gasteiger partial charge in [-0.25, -0.2) is 9.97 Å². The average molecular weight is 298 g/mol. The van der Waals surface area contributed by atoms with Crippen molar-refractivity contribution in [2.75, 3.05) is 0 Å². The molecule has 2 heterocycles. The number of hydrogen-bond donors (Lipinski definition) is 1. The molecule has 2 aliphatic heterocycles. The lowest BCUT2D eigenvalue weighted by atomic mass is 10.1. The maximum atomic E-state index is 12.1. The number of fused-ring (bicyclic) bond motifs is 2. The SMILES string of the molecule is Cc1nc2n(CC(=O)O)c3cc(C)c(C)cc3nc-2c(=O)n1. The average Bonchev–Trinajstić information content (AvgIpc) is 2.41. The molecule has 0 saturated heterocycles. The highest BCUT2D eigenvalue weighted by molar-refractivity contribution is 5.82. The number of aromatic nitrogens is 4. The van der Waals surface area contributed by atoms with Gasteiger partial charge in [0.1, 0.15) is 12.4 Å². The van der Waals surface area contributed by atoms with Crippen molar-refractivity contribution in [1.82, 2.24) is 19.5 Å².